The second-order valence-electron chi connectivity index (χ2n) is 6.68. The van der Waals surface area contributed by atoms with Gasteiger partial charge in [-0.25, -0.2) is 0 Å². The number of likely N-dealkylation sites (tertiary alicyclic amines) is 1. The van der Waals surface area contributed by atoms with E-state index in [0.29, 0.717) is 11.4 Å². The van der Waals surface area contributed by atoms with Crippen LogP contribution in [0.25, 0.3) is 17.1 Å². The molecule has 0 spiro atoms. The molecule has 4 rings (SSSR count). The van der Waals surface area contributed by atoms with Crippen LogP contribution < -0.4 is 4.90 Å². The van der Waals surface area contributed by atoms with Gasteiger partial charge in [-0.1, -0.05) is 18.2 Å². The van der Waals surface area contributed by atoms with E-state index in [1.54, 1.807) is 12.4 Å². The average Bonchev–Trinajstić information content (AvgIpc) is 2.99. The lowest BCUT2D eigenvalue weighted by atomic mass is 10.1. The third-order valence-electron chi connectivity index (χ3n) is 4.74. The van der Waals surface area contributed by atoms with Crippen molar-refractivity contribution in [2.45, 2.75) is 25.6 Å². The van der Waals surface area contributed by atoms with Crippen molar-refractivity contribution >= 4 is 12.2 Å². The maximum Gasteiger partial charge on any atom is 0.207 e. The van der Waals surface area contributed by atoms with Crippen molar-refractivity contribution in [3.05, 3.63) is 59.6 Å². The Balaban J connectivity index is 1.77. The van der Waals surface area contributed by atoms with Crippen LogP contribution in [0, 0.1) is 4.77 Å². The van der Waals surface area contributed by atoms with E-state index < -0.39 is 0 Å². The van der Waals surface area contributed by atoms with E-state index in [-0.39, 0.29) is 6.10 Å². The summed E-state index contributed by atoms with van der Waals surface area (Å²) in [5.41, 5.74) is 1.91. The van der Waals surface area contributed by atoms with Gasteiger partial charge in [0.15, 0.2) is 12.5 Å². The minimum atomic E-state index is -0.234. The van der Waals surface area contributed by atoms with Gasteiger partial charge in [0.25, 0.3) is 0 Å². The molecular formula is C19H22N5OS+. The predicted octanol–water partition coefficient (Wildman–Crippen LogP) is 1.46. The lowest BCUT2D eigenvalue weighted by Crippen LogP contribution is -3.13. The van der Waals surface area contributed by atoms with Gasteiger partial charge >= 0.3 is 0 Å². The first kappa shape index (κ1) is 17.1. The molecule has 1 unspecified atom stereocenters. The Kier molecular flexibility index (Phi) is 4.92. The van der Waals surface area contributed by atoms with Crippen LogP contribution in [-0.4, -0.2) is 43.6 Å². The van der Waals surface area contributed by atoms with Crippen LogP contribution in [0.3, 0.4) is 0 Å². The van der Waals surface area contributed by atoms with Crippen molar-refractivity contribution in [3.63, 3.8) is 0 Å². The Morgan fingerprint density at radius 2 is 2.04 bits per heavy atom. The smallest absolute Gasteiger partial charge is 0.207 e. The van der Waals surface area contributed by atoms with Gasteiger partial charge in [0.1, 0.15) is 12.6 Å². The van der Waals surface area contributed by atoms with Gasteiger partial charge in [-0.15, -0.1) is 5.10 Å². The van der Waals surface area contributed by atoms with Gasteiger partial charge < -0.3 is 10.0 Å². The summed E-state index contributed by atoms with van der Waals surface area (Å²) < 4.78 is 4.52. The third-order valence-corrected chi connectivity index (χ3v) is 5.13. The number of rotatable bonds is 4. The lowest BCUT2D eigenvalue weighted by molar-refractivity contribution is -0.931. The number of piperidine rings is 1. The summed E-state index contributed by atoms with van der Waals surface area (Å²) in [7, 11) is 0. The van der Waals surface area contributed by atoms with E-state index in [1.165, 1.54) is 4.90 Å². The zero-order valence-corrected chi connectivity index (χ0v) is 15.3. The first-order valence-corrected chi connectivity index (χ1v) is 9.30. The van der Waals surface area contributed by atoms with Crippen molar-refractivity contribution in [1.29, 1.82) is 0 Å². The molecule has 1 fully saturated rings. The van der Waals surface area contributed by atoms with Gasteiger partial charge in [-0.2, -0.15) is 4.68 Å². The Morgan fingerprint density at radius 3 is 2.77 bits per heavy atom. The molecule has 0 amide bonds. The second kappa shape index (κ2) is 7.49. The number of hydrogen-bond donors (Lipinski definition) is 2. The highest BCUT2D eigenvalue weighted by Crippen LogP contribution is 2.21. The van der Waals surface area contributed by atoms with Crippen LogP contribution in [0.2, 0.25) is 0 Å². The average molecular weight is 368 g/mol. The number of aliphatic hydroxyl groups excluding tert-OH is 1. The summed E-state index contributed by atoms with van der Waals surface area (Å²) >= 11 is 5.76. The molecule has 2 atom stereocenters. The fraction of sp³-hybridized carbons (Fsp3) is 0.316. The van der Waals surface area contributed by atoms with Crippen LogP contribution in [-0.2, 0) is 6.67 Å². The molecule has 1 saturated heterocycles. The molecule has 3 heterocycles. The molecule has 26 heavy (non-hydrogen) atoms. The molecule has 0 saturated carbocycles. The molecule has 2 aromatic heterocycles. The Morgan fingerprint density at radius 1 is 1.19 bits per heavy atom. The SMILES string of the molecule is O[C@@H]1CCC[NH+](Cn2nc(-c3cccnc3)n(-c3ccccc3)c2=S)C1. The molecule has 2 N–H and O–H groups in total. The molecule has 6 nitrogen and oxygen atoms in total. The van der Waals surface area contributed by atoms with Gasteiger partial charge in [-0.3, -0.25) is 9.55 Å². The first-order chi connectivity index (χ1) is 12.7. The van der Waals surface area contributed by atoms with Crippen LogP contribution in [0.1, 0.15) is 12.8 Å². The second-order valence-corrected chi connectivity index (χ2v) is 7.04. The maximum atomic E-state index is 9.95. The number of benzene rings is 1. The third kappa shape index (κ3) is 3.46. The van der Waals surface area contributed by atoms with Crippen molar-refractivity contribution in [1.82, 2.24) is 19.3 Å². The summed E-state index contributed by atoms with van der Waals surface area (Å²) in [4.78, 5) is 5.53. The Hall–Kier alpha value is -2.35. The van der Waals surface area contributed by atoms with Crippen molar-refractivity contribution in [2.24, 2.45) is 0 Å². The molecule has 7 heteroatoms. The number of aliphatic hydroxyl groups is 1. The molecule has 0 bridgehead atoms. The molecule has 1 aliphatic rings. The van der Waals surface area contributed by atoms with E-state index in [1.807, 2.05) is 51.7 Å². The fourth-order valence-corrected chi connectivity index (χ4v) is 3.78. The lowest BCUT2D eigenvalue weighted by Gasteiger charge is -2.26. The van der Waals surface area contributed by atoms with Crippen LogP contribution >= 0.6 is 12.2 Å². The normalized spacial score (nSPS) is 20.2. The molecule has 3 aromatic rings. The van der Waals surface area contributed by atoms with Crippen molar-refractivity contribution in [3.8, 4) is 17.1 Å². The minimum Gasteiger partial charge on any atom is -0.387 e. The van der Waals surface area contributed by atoms with Crippen LogP contribution in [0.5, 0.6) is 0 Å². The van der Waals surface area contributed by atoms with Crippen molar-refractivity contribution in [2.75, 3.05) is 13.1 Å². The summed E-state index contributed by atoms with van der Waals surface area (Å²) in [6, 6.07) is 13.9. The number of aromatic nitrogens is 4. The number of nitrogens with zero attached hydrogens (tertiary/aromatic N) is 4. The van der Waals surface area contributed by atoms with Gasteiger partial charge in [0, 0.05) is 23.6 Å². The van der Waals surface area contributed by atoms with Crippen molar-refractivity contribution < 1.29 is 10.0 Å². The van der Waals surface area contributed by atoms with E-state index in [0.717, 1.165) is 43.0 Å². The minimum absolute atomic E-state index is 0.234. The largest absolute Gasteiger partial charge is 0.387 e. The monoisotopic (exact) mass is 368 g/mol. The topological polar surface area (TPSA) is 60.3 Å². The first-order valence-electron chi connectivity index (χ1n) is 8.89. The standard InChI is InChI=1S/C19H21N5OS/c25-17-9-5-11-22(13-17)14-23-19(26)24(16-7-2-1-3-8-16)18(21-23)15-6-4-10-20-12-15/h1-4,6-8,10,12,17,25H,5,9,11,13-14H2/p+1/t17-/m1/s1. The van der Waals surface area contributed by atoms with Gasteiger partial charge in [0.2, 0.25) is 4.77 Å². The number of para-hydroxylation sites is 1. The molecule has 1 aliphatic heterocycles. The predicted molar refractivity (Wildman–Crippen MR) is 102 cm³/mol. The van der Waals surface area contributed by atoms with Crippen LogP contribution in [0.15, 0.2) is 54.9 Å². The summed E-state index contributed by atoms with van der Waals surface area (Å²) in [5.74, 6) is 0.784. The van der Waals surface area contributed by atoms with E-state index in [4.69, 9.17) is 17.3 Å². The number of quaternary nitrogens is 1. The number of nitrogens with one attached hydrogen (secondary N) is 1. The van der Waals surface area contributed by atoms with Crippen LogP contribution in [0.4, 0.5) is 0 Å². The molecule has 0 radical (unpaired) electrons. The zero-order chi connectivity index (χ0) is 17.9. The van der Waals surface area contributed by atoms with E-state index >= 15 is 0 Å². The number of hydrogen-bond acceptors (Lipinski definition) is 4. The van der Waals surface area contributed by atoms with E-state index in [9.17, 15) is 5.11 Å². The molecule has 1 aromatic carbocycles. The van der Waals surface area contributed by atoms with E-state index in [2.05, 4.69) is 4.98 Å². The van der Waals surface area contributed by atoms with Gasteiger partial charge in [0.05, 0.1) is 6.54 Å². The Bertz CT molecular complexity index is 922. The zero-order valence-electron chi connectivity index (χ0n) is 14.5. The molecule has 0 aliphatic carbocycles. The Labute approximate surface area is 157 Å². The summed E-state index contributed by atoms with van der Waals surface area (Å²) in [5, 5.41) is 14.8. The molecule has 134 valence electrons. The highest BCUT2D eigenvalue weighted by atomic mass is 32.1. The summed E-state index contributed by atoms with van der Waals surface area (Å²) in [6.45, 7) is 2.42. The fourth-order valence-electron chi connectivity index (χ4n) is 3.48. The quantitative estimate of drug-likeness (QED) is 0.685. The number of pyridine rings is 1. The highest BCUT2D eigenvalue weighted by molar-refractivity contribution is 7.71. The van der Waals surface area contributed by atoms with Gasteiger partial charge in [-0.05, 0) is 49.3 Å². The maximum absolute atomic E-state index is 9.95. The highest BCUT2D eigenvalue weighted by Gasteiger charge is 2.23. The summed E-state index contributed by atoms with van der Waals surface area (Å²) in [6.07, 6.45) is 5.23. The molecular weight excluding hydrogens is 346 g/mol.